The van der Waals surface area contributed by atoms with Crippen LogP contribution in [0.15, 0.2) is 29.5 Å². The summed E-state index contributed by atoms with van der Waals surface area (Å²) in [5.74, 6) is 5.91. The van der Waals surface area contributed by atoms with Crippen LogP contribution in [-0.2, 0) is 0 Å². The second kappa shape index (κ2) is 9.65. The Morgan fingerprint density at radius 1 is 1.02 bits per heavy atom. The average Bonchev–Trinajstić information content (AvgIpc) is 3.93. The van der Waals surface area contributed by atoms with Gasteiger partial charge in [0, 0.05) is 66.3 Å². The van der Waals surface area contributed by atoms with E-state index in [0.717, 1.165) is 79.0 Å². The number of aromatic nitrogens is 2. The molecule has 1 aromatic heterocycles. The van der Waals surface area contributed by atoms with E-state index in [1.807, 2.05) is 17.0 Å². The normalized spacial score (nSPS) is 36.2. The second-order valence-electron chi connectivity index (χ2n) is 15.0. The molecule has 1 aromatic carbocycles. The van der Waals surface area contributed by atoms with Gasteiger partial charge in [-0.15, -0.1) is 6.42 Å². The number of nitrogens with zero attached hydrogens (tertiary/aromatic N) is 5. The Labute approximate surface area is 264 Å². The molecule has 45 heavy (non-hydrogen) atoms. The van der Waals surface area contributed by atoms with Crippen LogP contribution in [-0.4, -0.2) is 58.0 Å². The van der Waals surface area contributed by atoms with Crippen molar-refractivity contribution in [3.05, 3.63) is 47.1 Å². The number of allylic oxidation sites excluding steroid dienone is 1. The molecule has 8 atom stereocenters. The number of aliphatic imine (C=N–C) groups is 1. The number of amides is 2. The van der Waals surface area contributed by atoms with Crippen LogP contribution in [0.25, 0.3) is 6.08 Å². The summed E-state index contributed by atoms with van der Waals surface area (Å²) in [7, 11) is 0. The second-order valence-corrected chi connectivity index (χ2v) is 15.0. The summed E-state index contributed by atoms with van der Waals surface area (Å²) in [5.41, 5.74) is 7.34. The van der Waals surface area contributed by atoms with Crippen molar-refractivity contribution < 1.29 is 9.90 Å². The van der Waals surface area contributed by atoms with E-state index in [4.69, 9.17) is 21.4 Å². The number of urea groups is 1. The predicted molar refractivity (Wildman–Crippen MR) is 174 cm³/mol. The Bertz CT molecular complexity index is 1690. The summed E-state index contributed by atoms with van der Waals surface area (Å²) in [6, 6.07) is 4.72. The number of hydrogen-bond donors (Lipinski definition) is 2. The van der Waals surface area contributed by atoms with Crippen molar-refractivity contribution in [3.63, 3.8) is 0 Å². The fraction of sp³-hybridized carbons (Fsp3) is 0.568. The third-order valence-electron chi connectivity index (χ3n) is 12.4. The van der Waals surface area contributed by atoms with Crippen molar-refractivity contribution in [2.75, 3.05) is 22.9 Å². The fourth-order valence-electron chi connectivity index (χ4n) is 10.1. The summed E-state index contributed by atoms with van der Waals surface area (Å²) in [4.78, 5) is 33.7. The summed E-state index contributed by atoms with van der Waals surface area (Å²) in [5, 5.41) is 14.7. The van der Waals surface area contributed by atoms with Crippen molar-refractivity contribution in [2.24, 2.45) is 28.7 Å². The molecule has 3 saturated heterocycles. The number of phenols is 1. The Balaban J connectivity index is 1.09. The van der Waals surface area contributed by atoms with E-state index in [2.05, 4.69) is 28.3 Å². The first-order valence-corrected chi connectivity index (χ1v) is 17.3. The van der Waals surface area contributed by atoms with Gasteiger partial charge in [0.1, 0.15) is 12.1 Å². The minimum Gasteiger partial charge on any atom is -0.508 e. The maximum Gasteiger partial charge on any atom is 0.348 e. The highest BCUT2D eigenvalue weighted by Crippen LogP contribution is 2.60. The molecule has 5 heterocycles. The molecule has 3 saturated carbocycles. The fourth-order valence-corrected chi connectivity index (χ4v) is 10.1. The van der Waals surface area contributed by atoms with Crippen LogP contribution >= 0.6 is 0 Å². The number of phenolic OH excluding ortho intramolecular Hbond substituents is 1. The number of hydrogen-bond acceptors (Lipinski definition) is 6. The van der Waals surface area contributed by atoms with Gasteiger partial charge in [0.15, 0.2) is 0 Å². The van der Waals surface area contributed by atoms with Crippen LogP contribution in [0.2, 0.25) is 0 Å². The zero-order valence-electron chi connectivity index (χ0n) is 25.6. The standard InChI is InChI=1S/C37H40N6O2/c1-2-19-4-3-5-22-14-24(44)16-28(30(19)22)42-13-12-25-29(17-42)43(36-33(20-6-7-20)38-18-39-34(36)21-8-9-21)37(45)41-35(25)32-26-15-23-10-11-27(40-23)31(26)32/h1,3,5,14,16,18-21,23,25-27,29,31-32,40,44H,4,6-13,15,17H2/t19?,23?,25?,26-,27?,29?,31?,32?/m0/s1. The van der Waals surface area contributed by atoms with E-state index in [1.54, 1.807) is 6.33 Å². The van der Waals surface area contributed by atoms with Crippen LogP contribution in [0.1, 0.15) is 98.1 Å². The summed E-state index contributed by atoms with van der Waals surface area (Å²) in [6.45, 7) is 1.50. The third kappa shape index (κ3) is 4.08. The lowest BCUT2D eigenvalue weighted by Gasteiger charge is -2.48. The number of carbonyl (C=O) groups is 1. The van der Waals surface area contributed by atoms with Crippen molar-refractivity contribution in [1.82, 2.24) is 15.3 Å². The summed E-state index contributed by atoms with van der Waals surface area (Å²) < 4.78 is 0. The van der Waals surface area contributed by atoms with E-state index >= 15 is 0 Å². The number of carbonyl (C=O) groups excluding carboxylic acids is 1. The number of terminal acetylenes is 1. The molecule has 4 aliphatic carbocycles. The zero-order chi connectivity index (χ0) is 30.0. The third-order valence-corrected chi connectivity index (χ3v) is 12.4. The maximum absolute atomic E-state index is 14.5. The van der Waals surface area contributed by atoms with Crippen molar-refractivity contribution in [3.8, 4) is 18.1 Å². The molecule has 6 fully saturated rings. The molecule has 230 valence electrons. The van der Waals surface area contributed by atoms with Crippen LogP contribution in [0.5, 0.6) is 5.75 Å². The van der Waals surface area contributed by atoms with Crippen LogP contribution < -0.4 is 15.1 Å². The first-order chi connectivity index (χ1) is 22.1. The number of rotatable bonds is 5. The molecule has 2 bridgehead atoms. The molecule has 8 nitrogen and oxygen atoms in total. The van der Waals surface area contributed by atoms with Crippen molar-refractivity contribution in [2.45, 2.75) is 93.7 Å². The van der Waals surface area contributed by atoms with Crippen LogP contribution in [0.3, 0.4) is 0 Å². The summed E-state index contributed by atoms with van der Waals surface area (Å²) in [6.07, 6.45) is 21.9. The van der Waals surface area contributed by atoms with Crippen LogP contribution in [0, 0.1) is 36.0 Å². The number of nitrogens with one attached hydrogen (secondary N) is 1. The minimum absolute atomic E-state index is 0.0393. The van der Waals surface area contributed by atoms with Crippen molar-refractivity contribution in [1.29, 1.82) is 0 Å². The van der Waals surface area contributed by atoms with Gasteiger partial charge in [0.2, 0.25) is 0 Å². The highest BCUT2D eigenvalue weighted by molar-refractivity contribution is 6.09. The quantitative estimate of drug-likeness (QED) is 0.426. The van der Waals surface area contributed by atoms with Gasteiger partial charge in [-0.3, -0.25) is 4.90 Å². The molecule has 0 radical (unpaired) electrons. The summed E-state index contributed by atoms with van der Waals surface area (Å²) >= 11 is 0. The molecule has 8 aliphatic rings. The Hall–Kier alpha value is -3.70. The van der Waals surface area contributed by atoms with Crippen LogP contribution in [0.4, 0.5) is 16.2 Å². The number of benzene rings is 1. The highest BCUT2D eigenvalue weighted by Gasteiger charge is 2.63. The van der Waals surface area contributed by atoms with Gasteiger partial charge in [-0.05, 0) is 86.8 Å². The largest absolute Gasteiger partial charge is 0.508 e. The average molecular weight is 601 g/mol. The predicted octanol–water partition coefficient (Wildman–Crippen LogP) is 5.73. The number of piperidine rings is 2. The van der Waals surface area contributed by atoms with E-state index in [0.29, 0.717) is 48.2 Å². The first-order valence-electron chi connectivity index (χ1n) is 17.3. The van der Waals surface area contributed by atoms with E-state index < -0.39 is 0 Å². The first kappa shape index (κ1) is 26.5. The molecule has 2 N–H and O–H groups in total. The molecular formula is C37H40N6O2. The van der Waals surface area contributed by atoms with Gasteiger partial charge >= 0.3 is 6.03 Å². The minimum atomic E-state index is -0.129. The van der Waals surface area contributed by atoms with E-state index in [1.165, 1.54) is 25.0 Å². The van der Waals surface area contributed by atoms with Gasteiger partial charge in [-0.1, -0.05) is 18.1 Å². The van der Waals surface area contributed by atoms with E-state index in [-0.39, 0.29) is 29.7 Å². The molecule has 10 rings (SSSR count). The Kier molecular flexibility index (Phi) is 5.69. The topological polar surface area (TPSA) is 94.0 Å². The van der Waals surface area contributed by atoms with Gasteiger partial charge in [0.25, 0.3) is 0 Å². The Morgan fingerprint density at radius 3 is 2.58 bits per heavy atom. The molecule has 7 unspecified atom stereocenters. The number of aromatic hydroxyl groups is 1. The van der Waals surface area contributed by atoms with Crippen molar-refractivity contribution >= 4 is 29.2 Å². The van der Waals surface area contributed by atoms with Gasteiger partial charge < -0.3 is 15.3 Å². The molecular weight excluding hydrogens is 560 g/mol. The number of fused-ring (bicyclic) bond motifs is 6. The van der Waals surface area contributed by atoms with Gasteiger partial charge in [-0.25, -0.2) is 19.8 Å². The molecule has 2 amide bonds. The zero-order valence-corrected chi connectivity index (χ0v) is 25.6. The van der Waals surface area contributed by atoms with E-state index in [9.17, 15) is 9.90 Å². The monoisotopic (exact) mass is 600 g/mol. The lowest BCUT2D eigenvalue weighted by molar-refractivity contribution is 0.245. The maximum atomic E-state index is 14.5. The molecule has 8 heteroatoms. The molecule has 4 aliphatic heterocycles. The SMILES string of the molecule is C#CC1CC=Cc2cc(O)cc(N3CCC4C(C5C6C7CCC(C[C@H]56)N7)=NC(=O)N(c5c(C6CC6)ncnc5C5CC5)C4C3)c21. The highest BCUT2D eigenvalue weighted by atomic mass is 16.3. The Morgan fingerprint density at radius 2 is 1.82 bits per heavy atom. The van der Waals surface area contributed by atoms with Gasteiger partial charge in [0.05, 0.1) is 29.0 Å². The number of anilines is 2. The lowest BCUT2D eigenvalue weighted by atomic mass is 9.80. The molecule has 0 spiro atoms. The smallest absolute Gasteiger partial charge is 0.348 e. The lowest BCUT2D eigenvalue weighted by Crippen LogP contribution is -2.60. The van der Waals surface area contributed by atoms with Gasteiger partial charge in [-0.2, -0.15) is 0 Å². The molecule has 2 aromatic rings.